The molecule has 0 saturated carbocycles. The Morgan fingerprint density at radius 2 is 2.00 bits per heavy atom. The van der Waals surface area contributed by atoms with Crippen LogP contribution in [-0.4, -0.2) is 39.8 Å². The minimum atomic E-state index is -1.14. The number of nitrogens with one attached hydrogen (secondary N) is 1. The van der Waals surface area contributed by atoms with E-state index in [0.717, 1.165) is 5.39 Å². The number of hydrogen-bond acceptors (Lipinski definition) is 4. The van der Waals surface area contributed by atoms with Crippen LogP contribution in [-0.2, 0) is 20.7 Å². The SMILES string of the molecule is CC(C)(C)OC(=O)n1cc(C[C@H](NC=O)C(=O)O)c2ccccc21. The minimum absolute atomic E-state index is 0.0599. The van der Waals surface area contributed by atoms with Crippen molar-refractivity contribution in [2.75, 3.05) is 0 Å². The summed E-state index contributed by atoms with van der Waals surface area (Å²) in [5.41, 5.74) is 0.612. The van der Waals surface area contributed by atoms with Crippen LogP contribution in [0, 0.1) is 0 Å². The van der Waals surface area contributed by atoms with Crippen LogP contribution in [0.2, 0.25) is 0 Å². The first-order valence-electron chi connectivity index (χ1n) is 7.48. The van der Waals surface area contributed by atoms with Crippen molar-refractivity contribution >= 4 is 29.4 Å². The van der Waals surface area contributed by atoms with E-state index >= 15 is 0 Å². The topological polar surface area (TPSA) is 97.6 Å². The summed E-state index contributed by atoms with van der Waals surface area (Å²) in [6, 6.07) is 6.07. The van der Waals surface area contributed by atoms with Gasteiger partial charge in [-0.3, -0.25) is 9.36 Å². The number of carboxylic acid groups (broad SMARTS) is 1. The van der Waals surface area contributed by atoms with E-state index in [1.165, 1.54) is 4.57 Å². The summed E-state index contributed by atoms with van der Waals surface area (Å²) in [5.74, 6) is -1.14. The smallest absolute Gasteiger partial charge is 0.419 e. The summed E-state index contributed by atoms with van der Waals surface area (Å²) in [4.78, 5) is 34.2. The lowest BCUT2D eigenvalue weighted by molar-refractivity contribution is -0.140. The number of carbonyl (C=O) groups excluding carboxylic acids is 2. The van der Waals surface area contributed by atoms with Crippen molar-refractivity contribution in [3.8, 4) is 0 Å². The van der Waals surface area contributed by atoms with Crippen LogP contribution in [0.15, 0.2) is 30.5 Å². The lowest BCUT2D eigenvalue weighted by Crippen LogP contribution is -2.37. The number of carbonyl (C=O) groups is 3. The van der Waals surface area contributed by atoms with Gasteiger partial charge in [-0.05, 0) is 32.4 Å². The van der Waals surface area contributed by atoms with Crippen LogP contribution in [0.25, 0.3) is 10.9 Å². The Kier molecular flexibility index (Phi) is 4.92. The van der Waals surface area contributed by atoms with Gasteiger partial charge in [-0.1, -0.05) is 18.2 Å². The van der Waals surface area contributed by atoms with Gasteiger partial charge in [0.1, 0.15) is 11.6 Å². The summed E-state index contributed by atoms with van der Waals surface area (Å²) < 4.78 is 6.74. The number of hydrogen-bond donors (Lipinski definition) is 2. The van der Waals surface area contributed by atoms with Crippen LogP contribution >= 0.6 is 0 Å². The maximum atomic E-state index is 12.4. The lowest BCUT2D eigenvalue weighted by atomic mass is 10.1. The fourth-order valence-electron chi connectivity index (χ4n) is 2.39. The van der Waals surface area contributed by atoms with Gasteiger partial charge in [0.25, 0.3) is 0 Å². The number of ether oxygens (including phenoxy) is 1. The van der Waals surface area contributed by atoms with E-state index in [-0.39, 0.29) is 6.42 Å². The van der Waals surface area contributed by atoms with E-state index in [9.17, 15) is 19.5 Å². The van der Waals surface area contributed by atoms with Crippen LogP contribution in [0.1, 0.15) is 26.3 Å². The largest absolute Gasteiger partial charge is 0.480 e. The molecule has 128 valence electrons. The van der Waals surface area contributed by atoms with Gasteiger partial charge in [-0.15, -0.1) is 0 Å². The van der Waals surface area contributed by atoms with E-state index in [1.54, 1.807) is 51.2 Å². The number of para-hydroxylation sites is 1. The number of amides is 1. The molecule has 24 heavy (non-hydrogen) atoms. The molecule has 1 aromatic heterocycles. The van der Waals surface area contributed by atoms with Gasteiger partial charge in [0.15, 0.2) is 0 Å². The third-order valence-electron chi connectivity index (χ3n) is 3.38. The molecule has 1 aromatic carbocycles. The Labute approximate surface area is 139 Å². The number of aromatic nitrogens is 1. The number of benzene rings is 1. The first kappa shape index (κ1) is 17.5. The molecule has 1 amide bonds. The summed E-state index contributed by atoms with van der Waals surface area (Å²) in [5, 5.41) is 12.2. The molecule has 0 aliphatic rings. The molecule has 0 aliphatic heterocycles. The molecule has 1 atom stereocenters. The van der Waals surface area contributed by atoms with Crippen molar-refractivity contribution in [2.45, 2.75) is 38.8 Å². The third kappa shape index (κ3) is 3.92. The highest BCUT2D eigenvalue weighted by molar-refractivity contribution is 5.92. The van der Waals surface area contributed by atoms with E-state index in [2.05, 4.69) is 5.32 Å². The fourth-order valence-corrected chi connectivity index (χ4v) is 2.39. The Hall–Kier alpha value is -2.83. The molecule has 0 aliphatic carbocycles. The van der Waals surface area contributed by atoms with Gasteiger partial charge in [-0.25, -0.2) is 9.59 Å². The van der Waals surface area contributed by atoms with Crippen LogP contribution in [0.3, 0.4) is 0 Å². The van der Waals surface area contributed by atoms with Crippen molar-refractivity contribution < 1.29 is 24.2 Å². The average Bonchev–Trinajstić information content (AvgIpc) is 2.84. The van der Waals surface area contributed by atoms with Crippen molar-refractivity contribution in [1.29, 1.82) is 0 Å². The Bertz CT molecular complexity index is 773. The summed E-state index contributed by atoms with van der Waals surface area (Å²) in [7, 11) is 0. The highest BCUT2D eigenvalue weighted by Gasteiger charge is 2.23. The molecule has 2 N–H and O–H groups in total. The van der Waals surface area contributed by atoms with Gasteiger partial charge in [0.2, 0.25) is 6.41 Å². The standard InChI is InChI=1S/C17H20N2O5/c1-17(2,3)24-16(23)19-9-11(8-13(15(21)22)18-10-20)12-6-4-5-7-14(12)19/h4-7,9-10,13H,8H2,1-3H3,(H,18,20)(H,21,22)/t13-/m0/s1. The number of nitrogens with zero attached hydrogens (tertiary/aromatic N) is 1. The molecule has 7 heteroatoms. The number of rotatable bonds is 5. The maximum Gasteiger partial charge on any atom is 0.419 e. The minimum Gasteiger partial charge on any atom is -0.480 e. The summed E-state index contributed by atoms with van der Waals surface area (Å²) >= 11 is 0. The van der Waals surface area contributed by atoms with E-state index in [0.29, 0.717) is 17.5 Å². The average molecular weight is 332 g/mol. The van der Waals surface area contributed by atoms with Gasteiger partial charge >= 0.3 is 12.1 Å². The molecule has 2 aromatic rings. The second-order valence-corrected chi connectivity index (χ2v) is 6.40. The number of fused-ring (bicyclic) bond motifs is 1. The molecule has 7 nitrogen and oxygen atoms in total. The van der Waals surface area contributed by atoms with Crippen LogP contribution < -0.4 is 5.32 Å². The lowest BCUT2D eigenvalue weighted by Gasteiger charge is -2.19. The number of carboxylic acids is 1. The van der Waals surface area contributed by atoms with Crippen LogP contribution in [0.5, 0.6) is 0 Å². The molecular formula is C17H20N2O5. The predicted octanol–water partition coefficient (Wildman–Crippen LogP) is 2.17. The predicted molar refractivity (Wildman–Crippen MR) is 87.9 cm³/mol. The van der Waals surface area contributed by atoms with E-state index in [4.69, 9.17) is 4.74 Å². The Balaban J connectivity index is 2.43. The van der Waals surface area contributed by atoms with Crippen molar-refractivity contribution in [1.82, 2.24) is 9.88 Å². The maximum absolute atomic E-state index is 12.4. The Morgan fingerprint density at radius 1 is 1.33 bits per heavy atom. The molecule has 0 saturated heterocycles. The molecule has 0 fully saturated rings. The normalized spacial score (nSPS) is 12.6. The summed E-state index contributed by atoms with van der Waals surface area (Å²) in [6.07, 6.45) is 1.43. The van der Waals surface area contributed by atoms with E-state index < -0.39 is 23.7 Å². The molecule has 1 heterocycles. The van der Waals surface area contributed by atoms with Gasteiger partial charge in [-0.2, -0.15) is 0 Å². The van der Waals surface area contributed by atoms with Crippen molar-refractivity contribution in [3.05, 3.63) is 36.0 Å². The monoisotopic (exact) mass is 332 g/mol. The second kappa shape index (κ2) is 6.74. The summed E-state index contributed by atoms with van der Waals surface area (Å²) in [6.45, 7) is 5.31. The zero-order chi connectivity index (χ0) is 17.9. The molecular weight excluding hydrogens is 312 g/mol. The first-order chi connectivity index (χ1) is 11.2. The van der Waals surface area contributed by atoms with Gasteiger partial charge in [0.05, 0.1) is 5.52 Å². The van der Waals surface area contributed by atoms with Crippen molar-refractivity contribution in [3.63, 3.8) is 0 Å². The zero-order valence-electron chi connectivity index (χ0n) is 13.8. The molecule has 0 bridgehead atoms. The van der Waals surface area contributed by atoms with Crippen LogP contribution in [0.4, 0.5) is 4.79 Å². The number of aliphatic carboxylic acids is 1. The van der Waals surface area contributed by atoms with Crippen molar-refractivity contribution in [2.24, 2.45) is 0 Å². The van der Waals surface area contributed by atoms with Gasteiger partial charge < -0.3 is 15.2 Å². The molecule has 0 spiro atoms. The fraction of sp³-hybridized carbons (Fsp3) is 0.353. The quantitative estimate of drug-likeness (QED) is 0.818. The highest BCUT2D eigenvalue weighted by Crippen LogP contribution is 2.24. The highest BCUT2D eigenvalue weighted by atomic mass is 16.6. The Morgan fingerprint density at radius 3 is 2.58 bits per heavy atom. The van der Waals surface area contributed by atoms with E-state index in [1.807, 2.05) is 0 Å². The molecule has 0 radical (unpaired) electrons. The first-order valence-corrected chi connectivity index (χ1v) is 7.48. The molecule has 2 rings (SSSR count). The molecule has 0 unspecified atom stereocenters. The van der Waals surface area contributed by atoms with Gasteiger partial charge in [0, 0.05) is 18.0 Å². The third-order valence-corrected chi connectivity index (χ3v) is 3.38. The second-order valence-electron chi connectivity index (χ2n) is 6.40. The zero-order valence-corrected chi connectivity index (χ0v) is 13.8.